The second-order valence-electron chi connectivity index (χ2n) is 17.3. The zero-order chi connectivity index (χ0) is 44.9. The quantitative estimate of drug-likeness (QED) is 0.0282. The highest BCUT2D eigenvalue weighted by molar-refractivity contribution is 5.72. The van der Waals surface area contributed by atoms with Crippen LogP contribution in [0.15, 0.2) is 72.9 Å². The van der Waals surface area contributed by atoms with E-state index < -0.39 is 18.1 Å². The Balaban J connectivity index is 4.38. The summed E-state index contributed by atoms with van der Waals surface area (Å²) in [5.74, 6) is -1.54. The van der Waals surface area contributed by atoms with Gasteiger partial charge in [-0.2, -0.15) is 0 Å². The van der Waals surface area contributed by atoms with Crippen molar-refractivity contribution in [1.29, 1.82) is 0 Å². The summed E-state index contributed by atoms with van der Waals surface area (Å²) in [7, 11) is 5.51. The molecule has 1 N–H and O–H groups in total. The Hall–Kier alpha value is -3.23. The minimum Gasteiger partial charge on any atom is -0.477 e. The number of quaternary nitrogens is 1. The molecular weight excluding hydrogens is 763 g/mol. The van der Waals surface area contributed by atoms with Crippen molar-refractivity contribution in [3.05, 3.63) is 72.9 Å². The predicted molar refractivity (Wildman–Crippen MR) is 257 cm³/mol. The van der Waals surface area contributed by atoms with Crippen molar-refractivity contribution in [2.45, 2.75) is 206 Å². The summed E-state index contributed by atoms with van der Waals surface area (Å²) in [6.07, 6.45) is 55.3. The van der Waals surface area contributed by atoms with Crippen molar-refractivity contribution in [3.8, 4) is 0 Å². The van der Waals surface area contributed by atoms with E-state index >= 15 is 0 Å². The molecule has 0 rings (SSSR count). The highest BCUT2D eigenvalue weighted by Gasteiger charge is 2.31. The fourth-order valence-corrected chi connectivity index (χ4v) is 6.87. The maximum absolute atomic E-state index is 12.8. The van der Waals surface area contributed by atoms with Gasteiger partial charge in [-0.3, -0.25) is 9.59 Å². The molecule has 0 spiro atoms. The first kappa shape index (κ1) is 57.8. The number of ether oxygens (including phenoxy) is 3. The molecule has 2 unspecified atom stereocenters. The smallest absolute Gasteiger partial charge is 0.362 e. The number of carbonyl (C=O) groups excluding carboxylic acids is 2. The molecule has 0 aliphatic rings. The van der Waals surface area contributed by atoms with E-state index in [0.29, 0.717) is 19.3 Å². The average Bonchev–Trinajstić information content (AvgIpc) is 3.22. The number of rotatable bonds is 43. The highest BCUT2D eigenvalue weighted by atomic mass is 16.6. The van der Waals surface area contributed by atoms with E-state index in [1.54, 1.807) is 0 Å². The third-order valence-corrected chi connectivity index (χ3v) is 10.6. The standard InChI is InChI=1S/C53H91NO7/c1-6-8-10-12-14-16-18-20-22-24-25-26-28-29-31-33-35-37-39-41-43-51(55)60-48-49(47-59-46-45-50(53(57)58)54(3,4)5)61-52(56)44-42-40-38-36-34-32-30-27-23-21-19-17-15-13-11-9-7-2/h8,10,14,16,20,22,25-26,29,31,35,37,49-50H,6-7,9,11-13,15,17-19,21,23-24,27-28,30,32-34,36,38-48H2,1-5H3/p+1/b10-8+,16-14+,22-20+,26-25+,31-29+,37-35+. The van der Waals surface area contributed by atoms with Crippen LogP contribution in [0.5, 0.6) is 0 Å². The van der Waals surface area contributed by atoms with Crippen LogP contribution in [0, 0.1) is 0 Å². The fraction of sp³-hybridized carbons (Fsp3) is 0.717. The molecule has 61 heavy (non-hydrogen) atoms. The lowest BCUT2D eigenvalue weighted by atomic mass is 10.0. The van der Waals surface area contributed by atoms with Crippen LogP contribution in [-0.2, 0) is 28.6 Å². The van der Waals surface area contributed by atoms with Crippen LogP contribution in [0.2, 0.25) is 0 Å². The molecule has 0 saturated heterocycles. The molecule has 8 heteroatoms. The summed E-state index contributed by atoms with van der Waals surface area (Å²) in [5, 5.41) is 9.64. The van der Waals surface area contributed by atoms with E-state index in [1.165, 1.54) is 89.9 Å². The van der Waals surface area contributed by atoms with Crippen LogP contribution >= 0.6 is 0 Å². The van der Waals surface area contributed by atoms with Gasteiger partial charge in [0.1, 0.15) is 6.61 Å². The summed E-state index contributed by atoms with van der Waals surface area (Å²) >= 11 is 0. The summed E-state index contributed by atoms with van der Waals surface area (Å²) in [4.78, 5) is 37.1. The Morgan fingerprint density at radius 2 is 0.918 bits per heavy atom. The molecule has 350 valence electrons. The molecule has 0 aromatic heterocycles. The van der Waals surface area contributed by atoms with E-state index in [9.17, 15) is 19.5 Å². The first-order chi connectivity index (χ1) is 29.6. The first-order valence-electron chi connectivity index (χ1n) is 24.5. The van der Waals surface area contributed by atoms with Crippen LogP contribution in [0.4, 0.5) is 0 Å². The number of carboxylic acids is 1. The zero-order valence-electron chi connectivity index (χ0n) is 39.8. The molecule has 0 heterocycles. The number of aliphatic carboxylic acids is 1. The van der Waals surface area contributed by atoms with Crippen LogP contribution in [0.1, 0.15) is 194 Å². The zero-order valence-corrected chi connectivity index (χ0v) is 39.8. The van der Waals surface area contributed by atoms with Gasteiger partial charge in [-0.15, -0.1) is 0 Å². The van der Waals surface area contributed by atoms with Crippen molar-refractivity contribution >= 4 is 17.9 Å². The van der Waals surface area contributed by atoms with E-state index in [2.05, 4.69) is 86.8 Å². The lowest BCUT2D eigenvalue weighted by Gasteiger charge is -2.31. The number of esters is 2. The predicted octanol–water partition coefficient (Wildman–Crippen LogP) is 13.9. The Labute approximate surface area is 374 Å². The third kappa shape index (κ3) is 41.9. The maximum Gasteiger partial charge on any atom is 0.362 e. The van der Waals surface area contributed by atoms with Crippen molar-refractivity contribution in [3.63, 3.8) is 0 Å². The summed E-state index contributed by atoms with van der Waals surface area (Å²) in [6, 6.07) is -0.625. The summed E-state index contributed by atoms with van der Waals surface area (Å²) in [6.45, 7) is 4.57. The van der Waals surface area contributed by atoms with Gasteiger partial charge in [0.05, 0.1) is 34.4 Å². The summed E-state index contributed by atoms with van der Waals surface area (Å²) < 4.78 is 17.3. The Kier molecular flexibility index (Phi) is 41.1. The molecule has 0 aromatic carbocycles. The van der Waals surface area contributed by atoms with Gasteiger partial charge < -0.3 is 23.8 Å². The van der Waals surface area contributed by atoms with E-state index in [4.69, 9.17) is 14.2 Å². The Bertz CT molecular complexity index is 1230. The maximum atomic E-state index is 12.8. The van der Waals surface area contributed by atoms with Crippen LogP contribution in [-0.4, -0.2) is 80.6 Å². The monoisotopic (exact) mass is 855 g/mol. The molecular formula is C53H92NO7+. The van der Waals surface area contributed by atoms with Crippen LogP contribution < -0.4 is 0 Å². The number of carbonyl (C=O) groups is 3. The molecule has 0 aliphatic carbocycles. The van der Waals surface area contributed by atoms with Crippen LogP contribution in [0.3, 0.4) is 0 Å². The van der Waals surface area contributed by atoms with Gasteiger partial charge in [0.2, 0.25) is 0 Å². The van der Waals surface area contributed by atoms with Crippen molar-refractivity contribution in [2.24, 2.45) is 0 Å². The summed E-state index contributed by atoms with van der Waals surface area (Å²) in [5.41, 5.74) is 0. The molecule has 0 saturated carbocycles. The normalized spacial score (nSPS) is 13.5. The van der Waals surface area contributed by atoms with Gasteiger partial charge in [0, 0.05) is 19.3 Å². The van der Waals surface area contributed by atoms with E-state index in [-0.39, 0.29) is 42.7 Å². The number of hydrogen-bond donors (Lipinski definition) is 1. The van der Waals surface area contributed by atoms with Gasteiger partial charge in [0.25, 0.3) is 0 Å². The number of carboxylic acid groups (broad SMARTS) is 1. The second-order valence-corrected chi connectivity index (χ2v) is 17.3. The second kappa shape index (κ2) is 43.4. The molecule has 0 radical (unpaired) electrons. The van der Waals surface area contributed by atoms with Crippen LogP contribution in [0.25, 0.3) is 0 Å². The molecule has 0 bridgehead atoms. The van der Waals surface area contributed by atoms with Gasteiger partial charge in [-0.05, 0) is 57.8 Å². The number of hydrogen-bond acceptors (Lipinski definition) is 6. The first-order valence-corrected chi connectivity index (χ1v) is 24.5. The lowest BCUT2D eigenvalue weighted by molar-refractivity contribution is -0.887. The fourth-order valence-electron chi connectivity index (χ4n) is 6.87. The lowest BCUT2D eigenvalue weighted by Crippen LogP contribution is -2.50. The number of allylic oxidation sites excluding steroid dienone is 12. The molecule has 0 aromatic rings. The van der Waals surface area contributed by atoms with E-state index in [0.717, 1.165) is 64.2 Å². The molecule has 0 amide bonds. The minimum atomic E-state index is -0.883. The van der Waals surface area contributed by atoms with Crippen molar-refractivity contribution in [2.75, 3.05) is 41.0 Å². The molecule has 0 aliphatic heterocycles. The topological polar surface area (TPSA) is 99.1 Å². The van der Waals surface area contributed by atoms with Gasteiger partial charge in [-0.25, -0.2) is 4.79 Å². The molecule has 0 fully saturated rings. The van der Waals surface area contributed by atoms with Gasteiger partial charge in [-0.1, -0.05) is 189 Å². The highest BCUT2D eigenvalue weighted by Crippen LogP contribution is 2.15. The molecule has 8 nitrogen and oxygen atoms in total. The largest absolute Gasteiger partial charge is 0.477 e. The average molecular weight is 855 g/mol. The van der Waals surface area contributed by atoms with Crippen molar-refractivity contribution in [1.82, 2.24) is 0 Å². The minimum absolute atomic E-state index is 0.0418. The van der Waals surface area contributed by atoms with E-state index in [1.807, 2.05) is 21.1 Å². The van der Waals surface area contributed by atoms with Crippen molar-refractivity contribution < 1.29 is 38.2 Å². The molecule has 2 atom stereocenters. The number of nitrogens with zero attached hydrogens (tertiary/aromatic N) is 1. The van der Waals surface area contributed by atoms with Gasteiger partial charge >= 0.3 is 17.9 Å². The third-order valence-electron chi connectivity index (χ3n) is 10.6. The number of unbranched alkanes of at least 4 members (excludes halogenated alkanes) is 17. The van der Waals surface area contributed by atoms with Gasteiger partial charge in [0.15, 0.2) is 12.1 Å². The Morgan fingerprint density at radius 3 is 1.34 bits per heavy atom. The SMILES string of the molecule is CC/C=C/C/C=C/C/C=C/C/C=C/C/C=C/C/C=C/CCCC(=O)OCC(COCCC(C(=O)O)[N+](C)(C)C)OC(=O)CCCCCCCCCCCCCCCCCCC. The Morgan fingerprint density at radius 1 is 0.508 bits per heavy atom. The number of likely N-dealkylation sites (N-methyl/N-ethyl adjacent to an activating group) is 1.